The van der Waals surface area contributed by atoms with Gasteiger partial charge in [0.1, 0.15) is 17.2 Å². The molecule has 5 unspecified atom stereocenters. The molecular weight excluding hydrogens is 382 g/mol. The first-order valence-electron chi connectivity index (χ1n) is 11.5. The molecule has 6 heteroatoms. The summed E-state index contributed by atoms with van der Waals surface area (Å²) in [4.78, 5) is 38.5. The number of hydrogen-bond donors (Lipinski definition) is 1. The second-order valence-electron chi connectivity index (χ2n) is 11.5. The number of nitrogens with zero attached hydrogens (tertiary/aromatic N) is 1. The standard InChI is InChI=1S/C24H29NO5/c1-21-6-4-14(26)19-20(29)12(9-23(19,21)11-25)17-13-3-7-24(8-5-16(28)30-24)22(13,2)10-15(27)18(17)21/h12-13,15,17-19,27H,3-10H2,1-2H3/t12-,13?,15+,17?,18?,19?,21+,22-,23?,24+/m0/s1. The summed E-state index contributed by atoms with van der Waals surface area (Å²) in [5.41, 5.74) is -2.44. The first kappa shape index (κ1) is 19.0. The van der Waals surface area contributed by atoms with Gasteiger partial charge in [-0.25, -0.2) is 0 Å². The third kappa shape index (κ3) is 1.74. The van der Waals surface area contributed by atoms with Crippen LogP contribution in [0.2, 0.25) is 0 Å². The molecule has 0 aromatic heterocycles. The van der Waals surface area contributed by atoms with Crippen molar-refractivity contribution in [2.75, 3.05) is 0 Å². The maximum Gasteiger partial charge on any atom is 0.306 e. The molecule has 1 N–H and O–H groups in total. The lowest BCUT2D eigenvalue weighted by atomic mass is 9.39. The van der Waals surface area contributed by atoms with Gasteiger partial charge in [-0.3, -0.25) is 14.4 Å². The second kappa shape index (κ2) is 5.35. The van der Waals surface area contributed by atoms with Crippen LogP contribution in [0.15, 0.2) is 0 Å². The SMILES string of the molecule is C[C@]12C[C@@H](O)C3C(C1CC[C@@]21CCC(=O)O1)[C@@H]1CC2(C#N)C(C(=O)CC[C@]32C)C1=O. The molecule has 0 radical (unpaired) electrons. The Kier molecular flexibility index (Phi) is 3.39. The molecule has 2 bridgehead atoms. The Labute approximate surface area is 176 Å². The van der Waals surface area contributed by atoms with Crippen molar-refractivity contribution in [1.82, 2.24) is 0 Å². The zero-order valence-electron chi connectivity index (χ0n) is 17.6. The van der Waals surface area contributed by atoms with Gasteiger partial charge in [-0.15, -0.1) is 0 Å². The Balaban J connectivity index is 1.52. The van der Waals surface area contributed by atoms with Gasteiger partial charge in [0.05, 0.1) is 23.5 Å². The number of rotatable bonds is 0. The molecule has 6 rings (SSSR count). The van der Waals surface area contributed by atoms with E-state index in [1.54, 1.807) is 0 Å². The van der Waals surface area contributed by atoms with Crippen LogP contribution in [0.1, 0.15) is 65.2 Å². The van der Waals surface area contributed by atoms with E-state index in [2.05, 4.69) is 19.9 Å². The lowest BCUT2D eigenvalue weighted by Gasteiger charge is -2.64. The minimum Gasteiger partial charge on any atom is -0.458 e. The fourth-order valence-electron chi connectivity index (χ4n) is 9.73. The highest BCUT2D eigenvalue weighted by Crippen LogP contribution is 2.76. The molecule has 1 aliphatic heterocycles. The summed E-state index contributed by atoms with van der Waals surface area (Å²) >= 11 is 0. The molecule has 6 aliphatic rings. The van der Waals surface area contributed by atoms with Crippen molar-refractivity contribution < 1.29 is 24.2 Å². The number of carbonyl (C=O) groups is 3. The third-order valence-corrected chi connectivity index (χ3v) is 11.0. The van der Waals surface area contributed by atoms with Crippen LogP contribution in [0.4, 0.5) is 0 Å². The number of fused-ring (bicyclic) bond motifs is 7. The summed E-state index contributed by atoms with van der Waals surface area (Å²) in [5, 5.41) is 21.9. The largest absolute Gasteiger partial charge is 0.458 e. The Bertz CT molecular complexity index is 938. The van der Waals surface area contributed by atoms with Gasteiger partial charge < -0.3 is 9.84 Å². The highest BCUT2D eigenvalue weighted by atomic mass is 16.6. The summed E-state index contributed by atoms with van der Waals surface area (Å²) in [6, 6.07) is 2.47. The predicted octanol–water partition coefficient (Wildman–Crippen LogP) is 2.57. The Hall–Kier alpha value is -1.74. The predicted molar refractivity (Wildman–Crippen MR) is 103 cm³/mol. The maximum atomic E-state index is 13.6. The van der Waals surface area contributed by atoms with E-state index in [0.29, 0.717) is 38.5 Å². The maximum absolute atomic E-state index is 13.6. The number of nitriles is 1. The molecule has 1 saturated heterocycles. The molecule has 10 atom stereocenters. The van der Waals surface area contributed by atoms with Gasteiger partial charge in [-0.05, 0) is 61.7 Å². The highest BCUT2D eigenvalue weighted by Gasteiger charge is 2.79. The minimum absolute atomic E-state index is 0.0488. The molecule has 5 aliphatic carbocycles. The van der Waals surface area contributed by atoms with Crippen molar-refractivity contribution in [3.8, 4) is 6.07 Å². The molecule has 0 aromatic rings. The molecule has 6 nitrogen and oxygen atoms in total. The van der Waals surface area contributed by atoms with Gasteiger partial charge in [0, 0.05) is 24.2 Å². The number of aliphatic hydroxyl groups is 1. The number of esters is 1. The summed E-state index contributed by atoms with van der Waals surface area (Å²) in [6.07, 6.45) is 3.95. The number of hydrogen-bond acceptors (Lipinski definition) is 6. The molecule has 5 saturated carbocycles. The van der Waals surface area contributed by atoms with E-state index in [4.69, 9.17) is 4.74 Å². The number of ether oxygens (including phenoxy) is 1. The topological polar surface area (TPSA) is 104 Å². The third-order valence-electron chi connectivity index (χ3n) is 11.0. The van der Waals surface area contributed by atoms with E-state index < -0.39 is 28.5 Å². The van der Waals surface area contributed by atoms with Crippen LogP contribution in [-0.2, 0) is 19.1 Å². The zero-order valence-corrected chi connectivity index (χ0v) is 17.6. The van der Waals surface area contributed by atoms with Crippen molar-refractivity contribution in [3.63, 3.8) is 0 Å². The van der Waals surface area contributed by atoms with E-state index >= 15 is 0 Å². The number of aliphatic hydroxyl groups excluding tert-OH is 1. The molecule has 160 valence electrons. The van der Waals surface area contributed by atoms with Crippen LogP contribution in [-0.4, -0.2) is 34.3 Å². The summed E-state index contributed by atoms with van der Waals surface area (Å²) in [6.45, 7) is 4.21. The van der Waals surface area contributed by atoms with E-state index in [1.807, 2.05) is 0 Å². The fraction of sp³-hybridized carbons (Fsp3) is 0.833. The van der Waals surface area contributed by atoms with E-state index in [9.17, 15) is 24.8 Å². The molecular formula is C24H29NO5. The minimum atomic E-state index is -0.976. The van der Waals surface area contributed by atoms with Crippen molar-refractivity contribution in [2.45, 2.75) is 76.9 Å². The lowest BCUT2D eigenvalue weighted by molar-refractivity contribution is -0.213. The van der Waals surface area contributed by atoms with Crippen molar-refractivity contribution >= 4 is 17.5 Å². The van der Waals surface area contributed by atoms with Crippen LogP contribution in [0.3, 0.4) is 0 Å². The van der Waals surface area contributed by atoms with E-state index in [1.165, 1.54) is 0 Å². The highest BCUT2D eigenvalue weighted by molar-refractivity contribution is 6.07. The molecule has 30 heavy (non-hydrogen) atoms. The van der Waals surface area contributed by atoms with Gasteiger partial charge in [0.25, 0.3) is 0 Å². The van der Waals surface area contributed by atoms with Gasteiger partial charge in [-0.2, -0.15) is 5.26 Å². The summed E-state index contributed by atoms with van der Waals surface area (Å²) in [5.74, 6) is -1.52. The molecule has 1 heterocycles. The second-order valence-corrected chi connectivity index (χ2v) is 11.5. The van der Waals surface area contributed by atoms with Crippen LogP contribution in [0.25, 0.3) is 0 Å². The number of carbonyl (C=O) groups excluding carboxylic acids is 3. The quantitative estimate of drug-likeness (QED) is 0.485. The first-order chi connectivity index (χ1) is 14.1. The Morgan fingerprint density at radius 2 is 1.83 bits per heavy atom. The fourth-order valence-corrected chi connectivity index (χ4v) is 9.73. The average molecular weight is 411 g/mol. The first-order valence-corrected chi connectivity index (χ1v) is 11.5. The zero-order chi connectivity index (χ0) is 21.3. The molecule has 0 aromatic carbocycles. The van der Waals surface area contributed by atoms with Gasteiger partial charge in [-0.1, -0.05) is 13.8 Å². The Morgan fingerprint density at radius 1 is 1.07 bits per heavy atom. The molecule has 6 fully saturated rings. The van der Waals surface area contributed by atoms with Gasteiger partial charge >= 0.3 is 5.97 Å². The molecule has 1 spiro atoms. The van der Waals surface area contributed by atoms with Crippen molar-refractivity contribution in [3.05, 3.63) is 0 Å². The lowest BCUT2D eigenvalue weighted by Crippen LogP contribution is -2.65. The van der Waals surface area contributed by atoms with E-state index in [-0.39, 0.29) is 46.6 Å². The van der Waals surface area contributed by atoms with Crippen LogP contribution >= 0.6 is 0 Å². The normalized spacial score (nSPS) is 58.4. The smallest absolute Gasteiger partial charge is 0.306 e. The van der Waals surface area contributed by atoms with Crippen molar-refractivity contribution in [2.24, 2.45) is 45.8 Å². The number of Topliss-reactive ketones (excluding diaryl/α,β-unsaturated/α-hetero) is 2. The van der Waals surface area contributed by atoms with Gasteiger partial charge in [0.2, 0.25) is 0 Å². The van der Waals surface area contributed by atoms with Crippen LogP contribution < -0.4 is 0 Å². The summed E-state index contributed by atoms with van der Waals surface area (Å²) in [7, 11) is 0. The van der Waals surface area contributed by atoms with Gasteiger partial charge in [0.15, 0.2) is 0 Å². The van der Waals surface area contributed by atoms with Crippen LogP contribution in [0, 0.1) is 57.2 Å². The van der Waals surface area contributed by atoms with E-state index in [0.717, 1.165) is 12.8 Å². The van der Waals surface area contributed by atoms with Crippen LogP contribution in [0.5, 0.6) is 0 Å². The average Bonchev–Trinajstić information content (AvgIpc) is 3.31. The summed E-state index contributed by atoms with van der Waals surface area (Å²) < 4.78 is 5.94. The van der Waals surface area contributed by atoms with Crippen molar-refractivity contribution in [1.29, 1.82) is 5.26 Å². The number of ketones is 2. The monoisotopic (exact) mass is 411 g/mol. The Morgan fingerprint density at radius 3 is 2.50 bits per heavy atom. The molecule has 0 amide bonds.